The quantitative estimate of drug-likeness (QED) is 0.768. The molecule has 3 atom stereocenters. The first kappa shape index (κ1) is 22.5. The first-order valence-electron chi connectivity index (χ1n) is 9.41. The van der Waals surface area contributed by atoms with Crippen LogP contribution in [-0.4, -0.2) is 52.9 Å². The van der Waals surface area contributed by atoms with Crippen molar-refractivity contribution in [1.29, 1.82) is 5.26 Å². The number of rotatable bonds is 3. The molecule has 1 aromatic heterocycles. The summed E-state index contributed by atoms with van der Waals surface area (Å²) in [5, 5.41) is 30.2. The number of nitrogens with zero attached hydrogens (tertiary/aromatic N) is 4. The van der Waals surface area contributed by atoms with Crippen LogP contribution >= 0.6 is 0 Å². The Balaban J connectivity index is 2.10. The summed E-state index contributed by atoms with van der Waals surface area (Å²) in [5.74, 6) is -1.06. The average molecular weight is 434 g/mol. The van der Waals surface area contributed by atoms with Crippen molar-refractivity contribution in [3.8, 4) is 6.07 Å². The van der Waals surface area contributed by atoms with E-state index in [0.29, 0.717) is 5.69 Å². The number of alkyl halides is 3. The standard InChI is InChI=1S/C21H21F3N4O3/c1-11-5-4-6-13(7-11)27(3)20(31)17-18(30)16(29)10-28(17)19-14(9-25)15(21(22,23)24)8-12(2)26-19/h4-8,16-18,29-30H,10H2,1-3H3. The number of anilines is 2. The molecule has 3 unspecified atom stereocenters. The number of carbonyl (C=O) groups excluding carboxylic acids is 1. The third kappa shape index (κ3) is 4.19. The van der Waals surface area contributed by atoms with Gasteiger partial charge in [0.15, 0.2) is 0 Å². The molecular weight excluding hydrogens is 413 g/mol. The lowest BCUT2D eigenvalue weighted by molar-refractivity contribution is -0.137. The smallest absolute Gasteiger partial charge is 0.388 e. The molecule has 1 fully saturated rings. The first-order chi connectivity index (χ1) is 14.5. The van der Waals surface area contributed by atoms with Crippen molar-refractivity contribution in [1.82, 2.24) is 4.98 Å². The molecule has 10 heteroatoms. The summed E-state index contributed by atoms with van der Waals surface area (Å²) >= 11 is 0. The minimum Gasteiger partial charge on any atom is -0.388 e. The maximum Gasteiger partial charge on any atom is 0.417 e. The summed E-state index contributed by atoms with van der Waals surface area (Å²) in [6.45, 7) is 2.80. The molecule has 1 amide bonds. The molecule has 0 bridgehead atoms. The number of hydrogen-bond acceptors (Lipinski definition) is 6. The number of amides is 1. The van der Waals surface area contributed by atoms with Gasteiger partial charge in [0.05, 0.1) is 11.7 Å². The number of aliphatic hydroxyl groups excluding tert-OH is 2. The van der Waals surface area contributed by atoms with Gasteiger partial charge in [-0.25, -0.2) is 4.98 Å². The number of pyridine rings is 1. The van der Waals surface area contributed by atoms with E-state index < -0.39 is 47.3 Å². The van der Waals surface area contributed by atoms with E-state index in [1.54, 1.807) is 18.2 Å². The molecule has 2 aromatic rings. The zero-order valence-corrected chi connectivity index (χ0v) is 17.1. The Kier molecular flexibility index (Phi) is 5.93. The zero-order valence-electron chi connectivity index (χ0n) is 17.1. The summed E-state index contributed by atoms with van der Waals surface area (Å²) < 4.78 is 40.5. The van der Waals surface area contributed by atoms with Crippen LogP contribution in [0.2, 0.25) is 0 Å². The van der Waals surface area contributed by atoms with Crippen molar-refractivity contribution < 1.29 is 28.2 Å². The van der Waals surface area contributed by atoms with E-state index in [1.807, 2.05) is 13.0 Å². The van der Waals surface area contributed by atoms with Gasteiger partial charge in [-0.05, 0) is 37.6 Å². The van der Waals surface area contributed by atoms with E-state index in [-0.39, 0.29) is 12.2 Å². The number of benzene rings is 1. The van der Waals surface area contributed by atoms with Crippen LogP contribution in [0, 0.1) is 25.2 Å². The van der Waals surface area contributed by atoms with Gasteiger partial charge in [0.25, 0.3) is 5.91 Å². The lowest BCUT2D eigenvalue weighted by Crippen LogP contribution is -2.50. The van der Waals surface area contributed by atoms with Gasteiger partial charge in [0.1, 0.15) is 29.6 Å². The molecule has 0 aliphatic carbocycles. The molecule has 1 aliphatic rings. The van der Waals surface area contributed by atoms with Crippen molar-refractivity contribution in [2.75, 3.05) is 23.4 Å². The molecule has 164 valence electrons. The highest BCUT2D eigenvalue weighted by Crippen LogP contribution is 2.38. The van der Waals surface area contributed by atoms with Gasteiger partial charge < -0.3 is 20.0 Å². The second-order valence-corrected chi connectivity index (χ2v) is 7.51. The van der Waals surface area contributed by atoms with E-state index in [0.717, 1.165) is 16.5 Å². The van der Waals surface area contributed by atoms with Crippen LogP contribution in [0.1, 0.15) is 22.4 Å². The highest BCUT2D eigenvalue weighted by molar-refractivity contribution is 5.99. The largest absolute Gasteiger partial charge is 0.417 e. The number of aromatic nitrogens is 1. The molecule has 1 aliphatic heterocycles. The maximum atomic E-state index is 13.5. The lowest BCUT2D eigenvalue weighted by atomic mass is 10.1. The summed E-state index contributed by atoms with van der Waals surface area (Å²) in [6, 6.07) is 7.80. The van der Waals surface area contributed by atoms with E-state index >= 15 is 0 Å². The van der Waals surface area contributed by atoms with Gasteiger partial charge in [-0.1, -0.05) is 12.1 Å². The van der Waals surface area contributed by atoms with Gasteiger partial charge in [-0.3, -0.25) is 4.79 Å². The van der Waals surface area contributed by atoms with E-state index in [4.69, 9.17) is 0 Å². The minimum absolute atomic E-state index is 0.0181. The van der Waals surface area contributed by atoms with E-state index in [2.05, 4.69) is 4.98 Å². The Morgan fingerprint density at radius 1 is 1.29 bits per heavy atom. The predicted molar refractivity (Wildman–Crippen MR) is 106 cm³/mol. The second kappa shape index (κ2) is 8.17. The van der Waals surface area contributed by atoms with Crippen molar-refractivity contribution in [3.63, 3.8) is 0 Å². The fraction of sp³-hybridized carbons (Fsp3) is 0.381. The third-order valence-corrected chi connectivity index (χ3v) is 5.23. The monoisotopic (exact) mass is 434 g/mol. The highest BCUT2D eigenvalue weighted by Gasteiger charge is 2.48. The van der Waals surface area contributed by atoms with Crippen LogP contribution in [0.5, 0.6) is 0 Å². The topological polar surface area (TPSA) is 101 Å². The fourth-order valence-electron chi connectivity index (χ4n) is 3.68. The zero-order chi connectivity index (χ0) is 23.1. The van der Waals surface area contributed by atoms with Crippen LogP contribution < -0.4 is 9.80 Å². The second-order valence-electron chi connectivity index (χ2n) is 7.51. The number of nitriles is 1. The number of β-amino-alcohol motifs (C(OH)–C–C–N with tert-alkyl or cyclic N) is 1. The van der Waals surface area contributed by atoms with Gasteiger partial charge in [-0.2, -0.15) is 18.4 Å². The summed E-state index contributed by atoms with van der Waals surface area (Å²) in [5.41, 5.74) is -0.590. The van der Waals surface area contributed by atoms with Crippen molar-refractivity contribution in [2.24, 2.45) is 0 Å². The number of aliphatic hydroxyl groups is 2. The molecular formula is C21H21F3N4O3. The molecule has 0 radical (unpaired) electrons. The van der Waals surface area contributed by atoms with E-state index in [1.165, 1.54) is 24.9 Å². The number of likely N-dealkylation sites (N-methyl/N-ethyl adjacent to an activating group) is 1. The van der Waals surface area contributed by atoms with Crippen LogP contribution in [0.3, 0.4) is 0 Å². The Bertz CT molecular complexity index is 1050. The Morgan fingerprint density at radius 2 is 1.97 bits per heavy atom. The number of halogens is 3. The fourth-order valence-corrected chi connectivity index (χ4v) is 3.68. The lowest BCUT2D eigenvalue weighted by Gasteiger charge is -2.31. The van der Waals surface area contributed by atoms with Gasteiger partial charge in [-0.15, -0.1) is 0 Å². The molecule has 2 N–H and O–H groups in total. The SMILES string of the molecule is Cc1cccc(N(C)C(=O)C2C(O)C(O)CN2c2nc(C)cc(C(F)(F)F)c2C#N)c1. The summed E-state index contributed by atoms with van der Waals surface area (Å²) in [6.07, 6.45) is -7.81. The van der Waals surface area contributed by atoms with Gasteiger partial charge in [0.2, 0.25) is 0 Å². The molecule has 31 heavy (non-hydrogen) atoms. The van der Waals surface area contributed by atoms with Crippen LogP contribution in [0.4, 0.5) is 24.7 Å². The molecule has 1 aromatic carbocycles. The number of hydrogen-bond donors (Lipinski definition) is 2. The molecule has 3 rings (SSSR count). The first-order valence-corrected chi connectivity index (χ1v) is 9.41. The number of aryl methyl sites for hydroxylation is 2. The molecule has 0 saturated carbocycles. The van der Waals surface area contributed by atoms with Crippen LogP contribution in [0.25, 0.3) is 0 Å². The minimum atomic E-state index is -4.82. The predicted octanol–water partition coefficient (Wildman–Crippen LogP) is 2.16. The molecule has 7 nitrogen and oxygen atoms in total. The van der Waals surface area contributed by atoms with Crippen LogP contribution in [-0.2, 0) is 11.0 Å². The highest BCUT2D eigenvalue weighted by atomic mass is 19.4. The molecule has 0 spiro atoms. The van der Waals surface area contributed by atoms with Gasteiger partial charge >= 0.3 is 6.18 Å². The van der Waals surface area contributed by atoms with Crippen molar-refractivity contribution in [3.05, 3.63) is 52.7 Å². The maximum absolute atomic E-state index is 13.5. The van der Waals surface area contributed by atoms with E-state index in [9.17, 15) is 33.4 Å². The Hall–Kier alpha value is -3.16. The Labute approximate surface area is 177 Å². The molecule has 1 saturated heterocycles. The Morgan fingerprint density at radius 3 is 2.55 bits per heavy atom. The van der Waals surface area contributed by atoms with Crippen molar-refractivity contribution in [2.45, 2.75) is 38.3 Å². The number of carbonyl (C=O) groups is 1. The van der Waals surface area contributed by atoms with Crippen molar-refractivity contribution >= 4 is 17.4 Å². The van der Waals surface area contributed by atoms with Gasteiger partial charge in [0, 0.05) is 25.0 Å². The third-order valence-electron chi connectivity index (χ3n) is 5.23. The average Bonchev–Trinajstić information content (AvgIpc) is 3.00. The summed E-state index contributed by atoms with van der Waals surface area (Å²) in [4.78, 5) is 19.6. The van der Waals surface area contributed by atoms with Crippen LogP contribution in [0.15, 0.2) is 30.3 Å². The normalized spacial score (nSPS) is 21.1. The summed E-state index contributed by atoms with van der Waals surface area (Å²) in [7, 11) is 1.46. The molecule has 2 heterocycles.